The van der Waals surface area contributed by atoms with Gasteiger partial charge < -0.3 is 4.90 Å². The largest absolute Gasteiger partial charge is 0.416 e. The molecule has 0 aromatic heterocycles. The van der Waals surface area contributed by atoms with Crippen molar-refractivity contribution in [2.24, 2.45) is 0 Å². The SMILES string of the molecule is CN1C(=O)N(c2cccc(C(F)(F)F)c2)C2=C(C(=O)CCC2)[C@@H]1c1ccc(C#N)cc1. The number of nitriles is 1. The van der Waals surface area contributed by atoms with Crippen LogP contribution in [-0.2, 0) is 11.0 Å². The Labute approximate surface area is 177 Å². The third-order valence-corrected chi connectivity index (χ3v) is 5.64. The summed E-state index contributed by atoms with van der Waals surface area (Å²) in [6, 6.07) is 12.0. The number of ketones is 1. The Bertz CT molecular complexity index is 1130. The number of alkyl halides is 3. The van der Waals surface area contributed by atoms with E-state index in [9.17, 15) is 22.8 Å². The maximum atomic E-state index is 13.3. The lowest BCUT2D eigenvalue weighted by molar-refractivity contribution is -0.137. The van der Waals surface area contributed by atoms with Crippen LogP contribution < -0.4 is 4.90 Å². The van der Waals surface area contributed by atoms with E-state index in [-0.39, 0.29) is 11.5 Å². The van der Waals surface area contributed by atoms with Crippen molar-refractivity contribution < 1.29 is 22.8 Å². The molecule has 31 heavy (non-hydrogen) atoms. The molecule has 1 aliphatic carbocycles. The van der Waals surface area contributed by atoms with E-state index in [0.717, 1.165) is 12.1 Å². The van der Waals surface area contributed by atoms with Gasteiger partial charge in [0.2, 0.25) is 0 Å². The summed E-state index contributed by atoms with van der Waals surface area (Å²) >= 11 is 0. The second kappa shape index (κ2) is 7.58. The molecule has 0 fully saturated rings. The number of carbonyl (C=O) groups excluding carboxylic acids is 2. The van der Waals surface area contributed by atoms with E-state index in [1.54, 1.807) is 24.3 Å². The van der Waals surface area contributed by atoms with Gasteiger partial charge in [0.25, 0.3) is 0 Å². The van der Waals surface area contributed by atoms with Crippen LogP contribution in [0.5, 0.6) is 0 Å². The summed E-state index contributed by atoms with van der Waals surface area (Å²) < 4.78 is 39.7. The Hall–Kier alpha value is -3.60. The number of anilines is 1. The van der Waals surface area contributed by atoms with Crippen molar-refractivity contribution in [2.45, 2.75) is 31.5 Å². The third-order valence-electron chi connectivity index (χ3n) is 5.64. The Morgan fingerprint density at radius 3 is 2.42 bits per heavy atom. The molecule has 8 heteroatoms. The maximum Gasteiger partial charge on any atom is 0.416 e. The second-order valence-electron chi connectivity index (χ2n) is 7.55. The van der Waals surface area contributed by atoms with Crippen LogP contribution in [0.2, 0.25) is 0 Å². The quantitative estimate of drug-likeness (QED) is 0.665. The first-order valence-electron chi connectivity index (χ1n) is 9.73. The van der Waals surface area contributed by atoms with Crippen molar-refractivity contribution in [1.29, 1.82) is 5.26 Å². The van der Waals surface area contributed by atoms with E-state index in [1.165, 1.54) is 29.0 Å². The van der Waals surface area contributed by atoms with Crippen molar-refractivity contribution in [1.82, 2.24) is 4.90 Å². The third kappa shape index (κ3) is 3.56. The Kier molecular flexibility index (Phi) is 5.05. The summed E-state index contributed by atoms with van der Waals surface area (Å²) in [7, 11) is 1.53. The van der Waals surface area contributed by atoms with Gasteiger partial charge in [0.1, 0.15) is 0 Å². The monoisotopic (exact) mass is 425 g/mol. The highest BCUT2D eigenvalue weighted by Crippen LogP contribution is 2.44. The fraction of sp³-hybridized carbons (Fsp3) is 0.261. The molecule has 0 N–H and O–H groups in total. The first-order valence-corrected chi connectivity index (χ1v) is 9.73. The molecule has 1 atom stereocenters. The highest BCUT2D eigenvalue weighted by Gasteiger charge is 2.43. The molecule has 158 valence electrons. The normalized spacial score (nSPS) is 19.4. The van der Waals surface area contributed by atoms with Crippen LogP contribution in [0.15, 0.2) is 59.8 Å². The van der Waals surface area contributed by atoms with Crippen LogP contribution in [0.3, 0.4) is 0 Å². The van der Waals surface area contributed by atoms with Gasteiger partial charge >= 0.3 is 12.2 Å². The number of carbonyl (C=O) groups is 2. The standard InChI is InChI=1S/C23H18F3N3O2/c1-28-21(15-10-8-14(13-27)9-11-15)20-18(6-3-7-19(20)30)29(22(28)31)17-5-2-4-16(12-17)23(24,25)26/h2,4-5,8-12,21H,3,6-7H2,1H3/t21-/m0/s1. The summed E-state index contributed by atoms with van der Waals surface area (Å²) in [4.78, 5) is 28.9. The molecule has 0 bridgehead atoms. The first kappa shape index (κ1) is 20.7. The smallest absolute Gasteiger partial charge is 0.316 e. The summed E-state index contributed by atoms with van der Waals surface area (Å²) in [6.07, 6.45) is -3.32. The van der Waals surface area contributed by atoms with E-state index < -0.39 is 23.8 Å². The molecule has 5 nitrogen and oxygen atoms in total. The van der Waals surface area contributed by atoms with Gasteiger partial charge in [-0.05, 0) is 48.7 Å². The van der Waals surface area contributed by atoms with Crippen LogP contribution in [0.4, 0.5) is 23.7 Å². The highest BCUT2D eigenvalue weighted by atomic mass is 19.4. The number of rotatable bonds is 2. The van der Waals surface area contributed by atoms with Crippen molar-refractivity contribution in [3.8, 4) is 6.07 Å². The number of hydrogen-bond acceptors (Lipinski definition) is 3. The maximum absolute atomic E-state index is 13.3. The zero-order chi connectivity index (χ0) is 22.3. The van der Waals surface area contributed by atoms with Crippen LogP contribution in [0.25, 0.3) is 0 Å². The Morgan fingerprint density at radius 1 is 1.06 bits per heavy atom. The highest BCUT2D eigenvalue weighted by molar-refractivity contribution is 6.06. The molecule has 1 heterocycles. The van der Waals surface area contributed by atoms with Gasteiger partial charge in [0, 0.05) is 24.7 Å². The number of halogens is 3. The van der Waals surface area contributed by atoms with Crippen LogP contribution in [-0.4, -0.2) is 23.8 Å². The second-order valence-corrected chi connectivity index (χ2v) is 7.55. The number of Topliss-reactive ketones (excluding diaryl/α,β-unsaturated/α-hetero) is 1. The molecule has 2 amide bonds. The molecule has 0 saturated carbocycles. The minimum atomic E-state index is -4.55. The zero-order valence-electron chi connectivity index (χ0n) is 16.6. The molecule has 2 aromatic rings. The summed E-state index contributed by atoms with van der Waals surface area (Å²) in [5.41, 5.74) is 1.18. The molecule has 0 saturated heterocycles. The minimum absolute atomic E-state index is 0.0761. The number of amides is 2. The zero-order valence-corrected chi connectivity index (χ0v) is 16.6. The molecule has 1 aliphatic heterocycles. The lowest BCUT2D eigenvalue weighted by Gasteiger charge is -2.43. The van der Waals surface area contributed by atoms with Crippen LogP contribution in [0.1, 0.15) is 42.0 Å². The summed E-state index contributed by atoms with van der Waals surface area (Å²) in [5.74, 6) is -0.132. The molecular formula is C23H18F3N3O2. The van der Waals surface area contributed by atoms with Gasteiger partial charge in [0.05, 0.1) is 28.9 Å². The van der Waals surface area contributed by atoms with Crippen LogP contribution >= 0.6 is 0 Å². The van der Waals surface area contributed by atoms with E-state index in [4.69, 9.17) is 5.26 Å². The number of likely N-dealkylation sites (N-methyl/N-ethyl adjacent to an activating group) is 1. The van der Waals surface area contributed by atoms with Crippen molar-refractivity contribution >= 4 is 17.5 Å². The van der Waals surface area contributed by atoms with E-state index >= 15 is 0 Å². The Balaban J connectivity index is 1.88. The van der Waals surface area contributed by atoms with Gasteiger partial charge in [-0.25, -0.2) is 4.79 Å². The lowest BCUT2D eigenvalue weighted by atomic mass is 9.83. The van der Waals surface area contributed by atoms with Crippen LogP contribution in [0, 0.1) is 11.3 Å². The van der Waals surface area contributed by atoms with Crippen molar-refractivity contribution in [3.05, 3.63) is 76.5 Å². The van der Waals surface area contributed by atoms with E-state index in [0.29, 0.717) is 41.7 Å². The fourth-order valence-electron chi connectivity index (χ4n) is 4.18. The molecular weight excluding hydrogens is 407 g/mol. The van der Waals surface area contributed by atoms with Crippen molar-refractivity contribution in [3.63, 3.8) is 0 Å². The number of allylic oxidation sites excluding steroid dienone is 1. The van der Waals surface area contributed by atoms with E-state index in [1.807, 2.05) is 6.07 Å². The average Bonchev–Trinajstić information content (AvgIpc) is 2.75. The fourth-order valence-corrected chi connectivity index (χ4v) is 4.18. The van der Waals surface area contributed by atoms with E-state index in [2.05, 4.69) is 0 Å². The molecule has 0 spiro atoms. The van der Waals surface area contributed by atoms with Gasteiger partial charge in [-0.2, -0.15) is 18.4 Å². The molecule has 2 aromatic carbocycles. The summed E-state index contributed by atoms with van der Waals surface area (Å²) in [6.45, 7) is 0. The van der Waals surface area contributed by atoms with Gasteiger partial charge in [-0.15, -0.1) is 0 Å². The number of benzene rings is 2. The first-order chi connectivity index (χ1) is 14.7. The predicted molar refractivity (Wildman–Crippen MR) is 107 cm³/mol. The lowest BCUT2D eigenvalue weighted by Crippen LogP contribution is -2.50. The molecule has 4 rings (SSSR count). The number of hydrogen-bond donors (Lipinski definition) is 0. The minimum Gasteiger partial charge on any atom is -0.316 e. The topological polar surface area (TPSA) is 64.4 Å². The van der Waals surface area contributed by atoms with Gasteiger partial charge in [0.15, 0.2) is 5.78 Å². The van der Waals surface area contributed by atoms with Gasteiger partial charge in [-0.3, -0.25) is 9.69 Å². The summed E-state index contributed by atoms with van der Waals surface area (Å²) in [5, 5.41) is 9.04. The Morgan fingerprint density at radius 2 is 1.77 bits per heavy atom. The molecule has 2 aliphatic rings. The molecule has 0 radical (unpaired) electrons. The predicted octanol–water partition coefficient (Wildman–Crippen LogP) is 5.20. The van der Waals surface area contributed by atoms with Crippen molar-refractivity contribution in [2.75, 3.05) is 11.9 Å². The molecule has 0 unspecified atom stereocenters. The average molecular weight is 425 g/mol. The van der Waals surface area contributed by atoms with Gasteiger partial charge in [-0.1, -0.05) is 18.2 Å². The number of urea groups is 1. The number of nitrogens with zero attached hydrogens (tertiary/aromatic N) is 3.